The molecule has 142 valence electrons. The van der Waals surface area contributed by atoms with Crippen LogP contribution in [0.15, 0.2) is 88.9 Å². The predicted molar refractivity (Wildman–Crippen MR) is 107 cm³/mol. The van der Waals surface area contributed by atoms with E-state index in [2.05, 4.69) is 5.10 Å². The number of benzene rings is 3. The monoisotopic (exact) mass is 394 g/mol. The molecule has 0 bridgehead atoms. The highest BCUT2D eigenvalue weighted by Gasteiger charge is 2.37. The van der Waals surface area contributed by atoms with Crippen LogP contribution in [0.3, 0.4) is 0 Å². The first-order valence-electron chi connectivity index (χ1n) is 8.94. The average molecular weight is 394 g/mol. The van der Waals surface area contributed by atoms with Crippen LogP contribution >= 0.6 is 0 Å². The molecule has 0 aromatic heterocycles. The Morgan fingerprint density at radius 3 is 2.36 bits per heavy atom. The molecular formula is C22H19FN2O2S. The minimum atomic E-state index is -3.87. The van der Waals surface area contributed by atoms with Gasteiger partial charge in [0.25, 0.3) is 10.0 Å². The van der Waals surface area contributed by atoms with Crippen molar-refractivity contribution in [1.82, 2.24) is 4.41 Å². The summed E-state index contributed by atoms with van der Waals surface area (Å²) in [6.07, 6.45) is 0.374. The van der Waals surface area contributed by atoms with Crippen LogP contribution in [0.1, 0.15) is 29.2 Å². The molecule has 1 aliphatic rings. The first kappa shape index (κ1) is 18.4. The number of nitrogens with zero attached hydrogens (tertiary/aromatic N) is 2. The van der Waals surface area contributed by atoms with Gasteiger partial charge >= 0.3 is 0 Å². The maximum atomic E-state index is 13.8. The normalized spacial score (nSPS) is 16.9. The number of rotatable bonds is 4. The second-order valence-electron chi connectivity index (χ2n) is 6.78. The molecule has 28 heavy (non-hydrogen) atoms. The van der Waals surface area contributed by atoms with E-state index >= 15 is 0 Å². The molecule has 0 spiro atoms. The first-order valence-corrected chi connectivity index (χ1v) is 10.4. The molecule has 3 aromatic carbocycles. The van der Waals surface area contributed by atoms with Gasteiger partial charge < -0.3 is 0 Å². The molecule has 0 N–H and O–H groups in total. The minimum absolute atomic E-state index is 0.158. The highest BCUT2D eigenvalue weighted by atomic mass is 32.2. The van der Waals surface area contributed by atoms with Crippen LogP contribution < -0.4 is 0 Å². The largest absolute Gasteiger partial charge is 0.279 e. The molecule has 0 amide bonds. The van der Waals surface area contributed by atoms with Gasteiger partial charge in [-0.3, -0.25) is 0 Å². The lowest BCUT2D eigenvalue weighted by atomic mass is 9.98. The van der Waals surface area contributed by atoms with E-state index in [1.165, 1.54) is 24.3 Å². The topological polar surface area (TPSA) is 49.7 Å². The standard InChI is InChI=1S/C22H19FN2O2S/c1-16-10-12-17(13-11-16)21-15-22(18-6-5-7-19(23)14-18)25(24-21)28(26,27)20-8-3-2-4-9-20/h2-14,22H,15H2,1H3. The lowest BCUT2D eigenvalue weighted by molar-refractivity contribution is 0.370. The zero-order valence-corrected chi connectivity index (χ0v) is 16.1. The Hall–Kier alpha value is -2.99. The minimum Gasteiger partial charge on any atom is -0.207 e. The Morgan fingerprint density at radius 2 is 1.68 bits per heavy atom. The van der Waals surface area contributed by atoms with Gasteiger partial charge in [-0.2, -0.15) is 17.9 Å². The Kier molecular flexibility index (Phi) is 4.73. The number of sulfonamides is 1. The van der Waals surface area contributed by atoms with Crippen molar-refractivity contribution in [3.63, 3.8) is 0 Å². The summed E-state index contributed by atoms with van der Waals surface area (Å²) in [7, 11) is -3.87. The summed E-state index contributed by atoms with van der Waals surface area (Å²) in [5.41, 5.74) is 3.20. The van der Waals surface area contributed by atoms with Crippen LogP contribution in [0.2, 0.25) is 0 Å². The van der Waals surface area contributed by atoms with E-state index in [4.69, 9.17) is 0 Å². The first-order chi connectivity index (χ1) is 13.4. The van der Waals surface area contributed by atoms with Gasteiger partial charge in [-0.1, -0.05) is 60.2 Å². The lowest BCUT2D eigenvalue weighted by Crippen LogP contribution is -2.27. The SMILES string of the molecule is Cc1ccc(C2=NN(S(=O)(=O)c3ccccc3)C(c3cccc(F)c3)C2)cc1. The molecule has 4 nitrogen and oxygen atoms in total. The molecule has 0 fully saturated rings. The second kappa shape index (κ2) is 7.20. The number of hydrogen-bond acceptors (Lipinski definition) is 3. The second-order valence-corrected chi connectivity index (χ2v) is 8.57. The van der Waals surface area contributed by atoms with E-state index in [0.717, 1.165) is 15.5 Å². The average Bonchev–Trinajstić information content (AvgIpc) is 3.16. The van der Waals surface area contributed by atoms with Crippen LogP contribution in [0.5, 0.6) is 0 Å². The number of aryl methyl sites for hydroxylation is 1. The number of hydrogen-bond donors (Lipinski definition) is 0. The smallest absolute Gasteiger partial charge is 0.207 e. The van der Waals surface area contributed by atoms with Crippen molar-refractivity contribution in [2.75, 3.05) is 0 Å². The van der Waals surface area contributed by atoms with E-state index in [1.54, 1.807) is 30.3 Å². The molecule has 1 aliphatic heterocycles. The van der Waals surface area contributed by atoms with Crippen molar-refractivity contribution in [3.8, 4) is 0 Å². The van der Waals surface area contributed by atoms with E-state index in [-0.39, 0.29) is 4.90 Å². The van der Waals surface area contributed by atoms with E-state index in [9.17, 15) is 12.8 Å². The van der Waals surface area contributed by atoms with Crippen LogP contribution in [-0.4, -0.2) is 18.5 Å². The third kappa shape index (κ3) is 3.43. The fourth-order valence-electron chi connectivity index (χ4n) is 3.29. The van der Waals surface area contributed by atoms with Gasteiger partial charge in [-0.25, -0.2) is 4.39 Å². The molecule has 1 atom stereocenters. The van der Waals surface area contributed by atoms with Crippen molar-refractivity contribution >= 4 is 15.7 Å². The Labute approximate surface area is 164 Å². The molecule has 3 aromatic rings. The molecule has 1 heterocycles. The van der Waals surface area contributed by atoms with Crippen molar-refractivity contribution in [1.29, 1.82) is 0 Å². The van der Waals surface area contributed by atoms with Gasteiger partial charge in [0.05, 0.1) is 16.6 Å². The van der Waals surface area contributed by atoms with Crippen molar-refractivity contribution in [3.05, 3.63) is 101 Å². The van der Waals surface area contributed by atoms with Crippen molar-refractivity contribution in [2.45, 2.75) is 24.3 Å². The third-order valence-electron chi connectivity index (χ3n) is 4.78. The van der Waals surface area contributed by atoms with E-state index in [1.807, 2.05) is 31.2 Å². The summed E-state index contributed by atoms with van der Waals surface area (Å²) in [5, 5.41) is 4.46. The van der Waals surface area contributed by atoms with Gasteiger partial charge in [0.15, 0.2) is 0 Å². The Balaban J connectivity index is 1.81. The summed E-state index contributed by atoms with van der Waals surface area (Å²) in [6.45, 7) is 1.99. The molecule has 0 radical (unpaired) electrons. The van der Waals surface area contributed by atoms with Crippen molar-refractivity contribution < 1.29 is 12.8 Å². The quantitative estimate of drug-likeness (QED) is 0.645. The molecule has 0 saturated carbocycles. The molecule has 0 aliphatic carbocycles. The summed E-state index contributed by atoms with van der Waals surface area (Å²) in [6, 6.07) is 21.4. The lowest BCUT2D eigenvalue weighted by Gasteiger charge is -2.23. The van der Waals surface area contributed by atoms with Crippen molar-refractivity contribution in [2.24, 2.45) is 5.10 Å². The Bertz CT molecular complexity index is 1130. The summed E-state index contributed by atoms with van der Waals surface area (Å²) in [5.74, 6) is -0.404. The predicted octanol–water partition coefficient (Wildman–Crippen LogP) is 4.67. The molecule has 1 unspecified atom stereocenters. The fraction of sp³-hybridized carbons (Fsp3) is 0.136. The highest BCUT2D eigenvalue weighted by molar-refractivity contribution is 7.89. The fourth-order valence-corrected chi connectivity index (χ4v) is 4.75. The van der Waals surface area contributed by atoms with Crippen LogP contribution in [0, 0.1) is 12.7 Å². The van der Waals surface area contributed by atoms with Gasteiger partial charge in [0.2, 0.25) is 0 Å². The third-order valence-corrected chi connectivity index (χ3v) is 6.47. The Morgan fingerprint density at radius 1 is 0.964 bits per heavy atom. The maximum Gasteiger partial charge on any atom is 0.279 e. The molecule has 6 heteroatoms. The molecule has 0 saturated heterocycles. The highest BCUT2D eigenvalue weighted by Crippen LogP contribution is 2.37. The van der Waals surface area contributed by atoms with Crippen LogP contribution in [0.25, 0.3) is 0 Å². The number of hydrazone groups is 1. The zero-order valence-electron chi connectivity index (χ0n) is 15.3. The van der Waals surface area contributed by atoms with Gasteiger partial charge in [-0.15, -0.1) is 0 Å². The summed E-state index contributed by atoms with van der Waals surface area (Å²) >= 11 is 0. The summed E-state index contributed by atoms with van der Waals surface area (Å²) < 4.78 is 41.5. The van der Waals surface area contributed by atoms with Gasteiger partial charge in [-0.05, 0) is 42.3 Å². The zero-order chi connectivity index (χ0) is 19.7. The van der Waals surface area contributed by atoms with Crippen LogP contribution in [-0.2, 0) is 10.0 Å². The van der Waals surface area contributed by atoms with E-state index in [0.29, 0.717) is 17.7 Å². The van der Waals surface area contributed by atoms with Crippen LogP contribution in [0.4, 0.5) is 4.39 Å². The number of halogens is 1. The van der Waals surface area contributed by atoms with Gasteiger partial charge in [0, 0.05) is 6.42 Å². The van der Waals surface area contributed by atoms with E-state index < -0.39 is 21.9 Å². The molecular weight excluding hydrogens is 375 g/mol. The summed E-state index contributed by atoms with van der Waals surface area (Å²) in [4.78, 5) is 0.158. The van der Waals surface area contributed by atoms with Gasteiger partial charge in [0.1, 0.15) is 5.82 Å². The molecule has 4 rings (SSSR count). The maximum absolute atomic E-state index is 13.8.